The number of carbonyl (C=O) groups is 1. The lowest BCUT2D eigenvalue weighted by molar-refractivity contribution is -0.122. The van der Waals surface area contributed by atoms with E-state index in [1.165, 1.54) is 0 Å². The van der Waals surface area contributed by atoms with Crippen LogP contribution >= 0.6 is 11.3 Å². The van der Waals surface area contributed by atoms with E-state index in [4.69, 9.17) is 0 Å². The molecule has 1 amide bonds. The Morgan fingerprint density at radius 2 is 2.32 bits per heavy atom. The number of hydrogen-bond acceptors (Lipinski definition) is 4. The predicted molar refractivity (Wildman–Crippen MR) is 74.8 cm³/mol. The number of amides is 1. The molecule has 1 fully saturated rings. The van der Waals surface area contributed by atoms with Crippen molar-refractivity contribution in [3.05, 3.63) is 35.5 Å². The molecule has 1 aliphatic rings. The van der Waals surface area contributed by atoms with Gasteiger partial charge in [0.1, 0.15) is 5.01 Å². The molecule has 0 aromatic carbocycles. The molecule has 19 heavy (non-hydrogen) atoms. The fourth-order valence-electron chi connectivity index (χ4n) is 1.83. The third-order valence-corrected chi connectivity index (χ3v) is 3.98. The van der Waals surface area contributed by atoms with Gasteiger partial charge in [0.25, 0.3) is 0 Å². The summed E-state index contributed by atoms with van der Waals surface area (Å²) in [6.07, 6.45) is 4.65. The molecule has 98 valence electrons. The number of aromatic nitrogens is 2. The highest BCUT2D eigenvalue weighted by atomic mass is 32.1. The Bertz CT molecular complexity index is 563. The standard InChI is InChI=1S/C14H15N3OS/c18-13(10-4-5-10)16-8-6-11-9-19-14(17-11)12-3-1-2-7-15-12/h1-3,7,9-10H,4-6,8H2,(H,16,18). The first-order valence-corrected chi connectivity index (χ1v) is 7.34. The van der Waals surface area contributed by atoms with E-state index < -0.39 is 0 Å². The van der Waals surface area contributed by atoms with E-state index in [2.05, 4.69) is 15.3 Å². The van der Waals surface area contributed by atoms with E-state index in [1.807, 2.05) is 23.6 Å². The fraction of sp³-hybridized carbons (Fsp3) is 0.357. The van der Waals surface area contributed by atoms with E-state index in [0.717, 1.165) is 35.7 Å². The van der Waals surface area contributed by atoms with E-state index in [1.54, 1.807) is 17.5 Å². The quantitative estimate of drug-likeness (QED) is 0.909. The van der Waals surface area contributed by atoms with Crippen LogP contribution in [0.2, 0.25) is 0 Å². The van der Waals surface area contributed by atoms with Gasteiger partial charge in [-0.25, -0.2) is 4.98 Å². The average molecular weight is 273 g/mol. The van der Waals surface area contributed by atoms with Crippen molar-refractivity contribution in [3.8, 4) is 10.7 Å². The van der Waals surface area contributed by atoms with Crippen LogP contribution < -0.4 is 5.32 Å². The molecule has 0 radical (unpaired) electrons. The number of hydrogen-bond donors (Lipinski definition) is 1. The molecule has 0 unspecified atom stereocenters. The first-order valence-electron chi connectivity index (χ1n) is 6.46. The van der Waals surface area contributed by atoms with Crippen LogP contribution in [0, 0.1) is 5.92 Å². The normalized spacial score (nSPS) is 14.3. The summed E-state index contributed by atoms with van der Waals surface area (Å²) in [7, 11) is 0. The first kappa shape index (κ1) is 12.3. The van der Waals surface area contributed by atoms with Crippen molar-refractivity contribution in [3.63, 3.8) is 0 Å². The van der Waals surface area contributed by atoms with Crippen molar-refractivity contribution < 1.29 is 4.79 Å². The predicted octanol–water partition coefficient (Wildman–Crippen LogP) is 2.27. The van der Waals surface area contributed by atoms with Gasteiger partial charge in [0.15, 0.2) is 0 Å². The molecule has 5 heteroatoms. The van der Waals surface area contributed by atoms with Gasteiger partial charge in [0, 0.05) is 30.5 Å². The maximum absolute atomic E-state index is 11.5. The Hall–Kier alpha value is -1.75. The lowest BCUT2D eigenvalue weighted by Crippen LogP contribution is -2.26. The molecule has 2 aromatic heterocycles. The van der Waals surface area contributed by atoms with Gasteiger partial charge in [0.05, 0.1) is 11.4 Å². The lowest BCUT2D eigenvalue weighted by Gasteiger charge is -2.01. The number of rotatable bonds is 5. The molecule has 1 aliphatic carbocycles. The number of pyridine rings is 1. The second-order valence-electron chi connectivity index (χ2n) is 4.67. The third-order valence-electron chi connectivity index (χ3n) is 3.06. The van der Waals surface area contributed by atoms with Crippen LogP contribution in [0.4, 0.5) is 0 Å². The Kier molecular flexibility index (Phi) is 3.55. The van der Waals surface area contributed by atoms with Crippen LogP contribution in [0.3, 0.4) is 0 Å². The topological polar surface area (TPSA) is 54.9 Å². The van der Waals surface area contributed by atoms with Gasteiger partial charge in [0.2, 0.25) is 5.91 Å². The summed E-state index contributed by atoms with van der Waals surface area (Å²) in [6.45, 7) is 0.667. The zero-order valence-corrected chi connectivity index (χ0v) is 11.3. The van der Waals surface area contributed by atoms with Crippen molar-refractivity contribution >= 4 is 17.2 Å². The largest absolute Gasteiger partial charge is 0.355 e. The zero-order valence-electron chi connectivity index (χ0n) is 10.5. The number of nitrogens with one attached hydrogen (secondary N) is 1. The van der Waals surface area contributed by atoms with Crippen LogP contribution in [-0.2, 0) is 11.2 Å². The van der Waals surface area contributed by atoms with Gasteiger partial charge in [-0.3, -0.25) is 9.78 Å². The Morgan fingerprint density at radius 3 is 3.05 bits per heavy atom. The maximum Gasteiger partial charge on any atom is 0.223 e. The van der Waals surface area contributed by atoms with Gasteiger partial charge in [-0.2, -0.15) is 0 Å². The van der Waals surface area contributed by atoms with E-state index in [-0.39, 0.29) is 11.8 Å². The average Bonchev–Trinajstić information content (AvgIpc) is 3.20. The van der Waals surface area contributed by atoms with Crippen molar-refractivity contribution in [1.29, 1.82) is 0 Å². The van der Waals surface area contributed by atoms with Crippen LogP contribution in [0.5, 0.6) is 0 Å². The van der Waals surface area contributed by atoms with Crippen LogP contribution in [0.25, 0.3) is 10.7 Å². The molecule has 0 aliphatic heterocycles. The summed E-state index contributed by atoms with van der Waals surface area (Å²) in [5, 5.41) is 5.92. The number of thiazole rings is 1. The molecule has 1 N–H and O–H groups in total. The monoisotopic (exact) mass is 273 g/mol. The Morgan fingerprint density at radius 1 is 1.42 bits per heavy atom. The molecule has 4 nitrogen and oxygen atoms in total. The maximum atomic E-state index is 11.5. The van der Waals surface area contributed by atoms with Gasteiger partial charge in [-0.1, -0.05) is 6.07 Å². The van der Waals surface area contributed by atoms with E-state index in [9.17, 15) is 4.79 Å². The van der Waals surface area contributed by atoms with Gasteiger partial charge in [-0.15, -0.1) is 11.3 Å². The minimum Gasteiger partial charge on any atom is -0.355 e. The lowest BCUT2D eigenvalue weighted by atomic mass is 10.3. The SMILES string of the molecule is O=C(NCCc1csc(-c2ccccn2)n1)C1CC1. The van der Waals surface area contributed by atoms with Gasteiger partial charge >= 0.3 is 0 Å². The number of carbonyl (C=O) groups excluding carboxylic acids is 1. The van der Waals surface area contributed by atoms with Crippen molar-refractivity contribution in [2.75, 3.05) is 6.54 Å². The smallest absolute Gasteiger partial charge is 0.223 e. The highest BCUT2D eigenvalue weighted by Crippen LogP contribution is 2.28. The highest BCUT2D eigenvalue weighted by Gasteiger charge is 2.29. The van der Waals surface area contributed by atoms with Crippen LogP contribution in [-0.4, -0.2) is 22.4 Å². The van der Waals surface area contributed by atoms with E-state index in [0.29, 0.717) is 6.54 Å². The van der Waals surface area contributed by atoms with Crippen molar-refractivity contribution in [2.45, 2.75) is 19.3 Å². The Balaban J connectivity index is 1.54. The van der Waals surface area contributed by atoms with Gasteiger partial charge in [-0.05, 0) is 25.0 Å². The summed E-state index contributed by atoms with van der Waals surface area (Å²) in [4.78, 5) is 20.3. The van der Waals surface area contributed by atoms with E-state index >= 15 is 0 Å². The highest BCUT2D eigenvalue weighted by molar-refractivity contribution is 7.13. The fourth-order valence-corrected chi connectivity index (χ4v) is 2.66. The van der Waals surface area contributed by atoms with Crippen LogP contribution in [0.15, 0.2) is 29.8 Å². The Labute approximate surface area is 115 Å². The number of nitrogens with zero attached hydrogens (tertiary/aromatic N) is 2. The summed E-state index contributed by atoms with van der Waals surface area (Å²) in [6, 6.07) is 5.81. The molecule has 0 bridgehead atoms. The molecule has 2 heterocycles. The first-order chi connectivity index (χ1) is 9.33. The molecular weight excluding hydrogens is 258 g/mol. The van der Waals surface area contributed by atoms with Crippen molar-refractivity contribution in [1.82, 2.24) is 15.3 Å². The summed E-state index contributed by atoms with van der Waals surface area (Å²) >= 11 is 1.59. The molecule has 0 saturated heterocycles. The molecule has 3 rings (SSSR count). The third kappa shape index (κ3) is 3.17. The molecule has 0 atom stereocenters. The minimum absolute atomic E-state index is 0.195. The molecular formula is C14H15N3OS. The van der Waals surface area contributed by atoms with Gasteiger partial charge < -0.3 is 5.32 Å². The second-order valence-corrected chi connectivity index (χ2v) is 5.53. The second kappa shape index (κ2) is 5.48. The van der Waals surface area contributed by atoms with Crippen molar-refractivity contribution in [2.24, 2.45) is 5.92 Å². The summed E-state index contributed by atoms with van der Waals surface area (Å²) in [5.74, 6) is 0.472. The molecule has 2 aromatic rings. The summed E-state index contributed by atoms with van der Waals surface area (Å²) in [5.41, 5.74) is 1.92. The molecule has 0 spiro atoms. The summed E-state index contributed by atoms with van der Waals surface area (Å²) < 4.78 is 0. The zero-order chi connectivity index (χ0) is 13.1. The molecule has 1 saturated carbocycles. The minimum atomic E-state index is 0.195. The van der Waals surface area contributed by atoms with Crippen LogP contribution in [0.1, 0.15) is 18.5 Å².